The second-order valence-corrected chi connectivity index (χ2v) is 7.05. The Morgan fingerprint density at radius 2 is 2.17 bits per heavy atom. The van der Waals surface area contributed by atoms with E-state index in [4.69, 9.17) is 0 Å². The fourth-order valence-corrected chi connectivity index (χ4v) is 4.49. The zero-order valence-electron chi connectivity index (χ0n) is 11.8. The van der Waals surface area contributed by atoms with E-state index in [1.807, 2.05) is 0 Å². The van der Waals surface area contributed by atoms with Gasteiger partial charge in [0.25, 0.3) is 0 Å². The van der Waals surface area contributed by atoms with E-state index >= 15 is 0 Å². The van der Waals surface area contributed by atoms with Crippen LogP contribution in [0.4, 0.5) is 0 Å². The molecule has 4 heteroatoms. The molecule has 0 aromatic rings. The van der Waals surface area contributed by atoms with Crippen LogP contribution in [-0.2, 0) is 4.79 Å². The molecule has 1 N–H and O–H groups in total. The fraction of sp³-hybridized carbons (Fsp3) is 0.929. The van der Waals surface area contributed by atoms with Crippen LogP contribution in [0.5, 0.6) is 0 Å². The highest BCUT2D eigenvalue weighted by molar-refractivity contribution is 7.99. The molecule has 2 aliphatic rings. The zero-order valence-corrected chi connectivity index (χ0v) is 12.6. The lowest BCUT2D eigenvalue weighted by Gasteiger charge is -2.28. The molecule has 104 valence electrons. The minimum atomic E-state index is 0.0721. The summed E-state index contributed by atoms with van der Waals surface area (Å²) in [7, 11) is 0. The molecule has 2 rings (SSSR count). The molecular formula is C14H26N2OS. The number of nitrogens with zero attached hydrogens (tertiary/aromatic N) is 1. The summed E-state index contributed by atoms with van der Waals surface area (Å²) < 4.78 is 0. The monoisotopic (exact) mass is 270 g/mol. The van der Waals surface area contributed by atoms with E-state index in [9.17, 15) is 4.79 Å². The maximum absolute atomic E-state index is 12.4. The van der Waals surface area contributed by atoms with Crippen LogP contribution < -0.4 is 5.32 Å². The zero-order chi connectivity index (χ0) is 13.1. The molecule has 0 aromatic heterocycles. The van der Waals surface area contributed by atoms with Gasteiger partial charge >= 0.3 is 0 Å². The summed E-state index contributed by atoms with van der Waals surface area (Å²) in [5, 5.41) is 4.22. The summed E-state index contributed by atoms with van der Waals surface area (Å²) in [5.41, 5.74) is 0. The van der Waals surface area contributed by atoms with Gasteiger partial charge < -0.3 is 4.90 Å². The Morgan fingerprint density at radius 1 is 1.39 bits per heavy atom. The molecule has 1 aliphatic carbocycles. The molecule has 1 heterocycles. The SMILES string of the molecule is CCCC1NC(C)N(C2CCC(SCC)C2)C1=O. The van der Waals surface area contributed by atoms with Crippen LogP contribution in [0, 0.1) is 0 Å². The van der Waals surface area contributed by atoms with E-state index in [2.05, 4.69) is 42.7 Å². The van der Waals surface area contributed by atoms with Gasteiger partial charge in [0.1, 0.15) is 0 Å². The Hall–Kier alpha value is -0.220. The van der Waals surface area contributed by atoms with Gasteiger partial charge in [-0.25, -0.2) is 0 Å². The van der Waals surface area contributed by atoms with Crippen molar-refractivity contribution < 1.29 is 4.79 Å². The third kappa shape index (κ3) is 2.85. The van der Waals surface area contributed by atoms with Crippen LogP contribution >= 0.6 is 11.8 Å². The number of carbonyl (C=O) groups excluding carboxylic acids is 1. The van der Waals surface area contributed by atoms with Crippen molar-refractivity contribution in [2.45, 2.75) is 76.4 Å². The van der Waals surface area contributed by atoms with Gasteiger partial charge in [-0.05, 0) is 38.4 Å². The van der Waals surface area contributed by atoms with E-state index in [1.165, 1.54) is 25.0 Å². The maximum Gasteiger partial charge on any atom is 0.241 e. The molecule has 3 nitrogen and oxygen atoms in total. The van der Waals surface area contributed by atoms with E-state index in [-0.39, 0.29) is 12.2 Å². The number of thioether (sulfide) groups is 1. The van der Waals surface area contributed by atoms with Crippen molar-refractivity contribution in [3.8, 4) is 0 Å². The maximum atomic E-state index is 12.4. The lowest BCUT2D eigenvalue weighted by atomic mass is 10.1. The van der Waals surface area contributed by atoms with Crippen LogP contribution in [0.15, 0.2) is 0 Å². The van der Waals surface area contributed by atoms with E-state index in [0.717, 1.165) is 18.1 Å². The molecule has 2 fully saturated rings. The van der Waals surface area contributed by atoms with Crippen molar-refractivity contribution in [1.82, 2.24) is 10.2 Å². The first-order valence-corrected chi connectivity index (χ1v) is 8.42. The first kappa shape index (κ1) is 14.2. The number of carbonyl (C=O) groups is 1. The Morgan fingerprint density at radius 3 is 2.83 bits per heavy atom. The molecule has 4 unspecified atom stereocenters. The van der Waals surface area contributed by atoms with Crippen LogP contribution in [0.2, 0.25) is 0 Å². The van der Waals surface area contributed by atoms with Crippen LogP contribution in [0.3, 0.4) is 0 Å². The van der Waals surface area contributed by atoms with Crippen LogP contribution in [-0.4, -0.2) is 40.1 Å². The Bertz CT molecular complexity index is 298. The fourth-order valence-electron chi connectivity index (χ4n) is 3.36. The molecule has 1 amide bonds. The van der Waals surface area contributed by atoms with Crippen molar-refractivity contribution in [3.05, 3.63) is 0 Å². The van der Waals surface area contributed by atoms with Gasteiger partial charge in [0.2, 0.25) is 5.91 Å². The van der Waals surface area contributed by atoms with E-state index in [1.54, 1.807) is 0 Å². The molecule has 0 bridgehead atoms. The third-order valence-electron chi connectivity index (χ3n) is 4.14. The van der Waals surface area contributed by atoms with Gasteiger partial charge in [0, 0.05) is 11.3 Å². The summed E-state index contributed by atoms with van der Waals surface area (Å²) in [5.74, 6) is 1.54. The molecule has 1 aliphatic heterocycles. The smallest absolute Gasteiger partial charge is 0.241 e. The largest absolute Gasteiger partial charge is 0.323 e. The lowest BCUT2D eigenvalue weighted by molar-refractivity contribution is -0.132. The minimum Gasteiger partial charge on any atom is -0.323 e. The standard InChI is InChI=1S/C14H26N2OS/c1-4-6-13-14(17)16(10(3)15-13)11-7-8-12(9-11)18-5-2/h10-13,15H,4-9H2,1-3H3. The van der Waals surface area contributed by atoms with Crippen molar-refractivity contribution in [2.24, 2.45) is 0 Å². The molecule has 0 spiro atoms. The number of hydrogen-bond acceptors (Lipinski definition) is 3. The number of nitrogens with one attached hydrogen (secondary N) is 1. The van der Waals surface area contributed by atoms with E-state index < -0.39 is 0 Å². The molecule has 4 atom stereocenters. The van der Waals surface area contributed by atoms with Gasteiger partial charge in [0.15, 0.2) is 0 Å². The molecule has 18 heavy (non-hydrogen) atoms. The number of rotatable bonds is 5. The highest BCUT2D eigenvalue weighted by Gasteiger charge is 2.42. The van der Waals surface area contributed by atoms with Crippen LogP contribution in [0.25, 0.3) is 0 Å². The second kappa shape index (κ2) is 6.29. The van der Waals surface area contributed by atoms with Crippen molar-refractivity contribution >= 4 is 17.7 Å². The van der Waals surface area contributed by atoms with Crippen molar-refractivity contribution in [3.63, 3.8) is 0 Å². The second-order valence-electron chi connectivity index (χ2n) is 5.47. The summed E-state index contributed by atoms with van der Waals surface area (Å²) >= 11 is 2.06. The van der Waals surface area contributed by atoms with Gasteiger partial charge in [-0.2, -0.15) is 11.8 Å². The minimum absolute atomic E-state index is 0.0721. The Balaban J connectivity index is 1.95. The highest BCUT2D eigenvalue weighted by atomic mass is 32.2. The normalized spacial score (nSPS) is 36.6. The molecule has 0 aromatic carbocycles. The lowest BCUT2D eigenvalue weighted by Crippen LogP contribution is -2.42. The third-order valence-corrected chi connectivity index (χ3v) is 5.38. The van der Waals surface area contributed by atoms with Crippen molar-refractivity contribution in [2.75, 3.05) is 5.75 Å². The Labute approximate surface area is 115 Å². The topological polar surface area (TPSA) is 32.3 Å². The highest BCUT2D eigenvalue weighted by Crippen LogP contribution is 2.34. The summed E-state index contributed by atoms with van der Waals surface area (Å²) in [6.45, 7) is 6.50. The molecule has 1 saturated heterocycles. The first-order chi connectivity index (χ1) is 8.67. The van der Waals surface area contributed by atoms with Crippen molar-refractivity contribution in [1.29, 1.82) is 0 Å². The van der Waals surface area contributed by atoms with Gasteiger partial charge in [-0.3, -0.25) is 10.1 Å². The first-order valence-electron chi connectivity index (χ1n) is 7.37. The molecular weight excluding hydrogens is 244 g/mol. The van der Waals surface area contributed by atoms with Crippen LogP contribution in [0.1, 0.15) is 52.9 Å². The van der Waals surface area contributed by atoms with E-state index in [0.29, 0.717) is 11.9 Å². The average molecular weight is 270 g/mol. The Kier molecular flexibility index (Phi) is 4.96. The molecule has 1 saturated carbocycles. The number of amides is 1. The average Bonchev–Trinajstić information content (AvgIpc) is 2.87. The predicted octanol–water partition coefficient (Wildman–Crippen LogP) is 2.61. The summed E-state index contributed by atoms with van der Waals surface area (Å²) in [4.78, 5) is 14.5. The predicted molar refractivity (Wildman–Crippen MR) is 77.7 cm³/mol. The molecule has 0 radical (unpaired) electrons. The van der Waals surface area contributed by atoms with Gasteiger partial charge in [-0.1, -0.05) is 20.3 Å². The number of hydrogen-bond donors (Lipinski definition) is 1. The quantitative estimate of drug-likeness (QED) is 0.833. The van der Waals surface area contributed by atoms with Gasteiger partial charge in [0.05, 0.1) is 12.2 Å². The van der Waals surface area contributed by atoms with Gasteiger partial charge in [-0.15, -0.1) is 0 Å². The summed E-state index contributed by atoms with van der Waals surface area (Å²) in [6, 6.07) is 0.550. The summed E-state index contributed by atoms with van der Waals surface area (Å²) in [6.07, 6.45) is 5.92.